The molecule has 69 heavy (non-hydrogen) atoms. The second-order valence-electron chi connectivity index (χ2n) is 17.9. The fraction of sp³-hybridized carbons (Fsp3) is 0.125. The van der Waals surface area contributed by atoms with Gasteiger partial charge in [-0.1, -0.05) is 250 Å². The van der Waals surface area contributed by atoms with Crippen LogP contribution in [0.3, 0.4) is 0 Å². The Hall–Kier alpha value is -7.70. The second-order valence-corrected chi connectivity index (χ2v) is 21.5. The summed E-state index contributed by atoms with van der Waals surface area (Å²) >= 11 is 0. The average Bonchev–Trinajstić information content (AvgIpc) is 3.41. The molecule has 0 heterocycles. The van der Waals surface area contributed by atoms with Crippen molar-refractivity contribution in [1.29, 1.82) is 0 Å². The standard InChI is InChI=1S/C64H56O4Si/c1-3-62(65)46(2)63(66)64(67)68-69(43-59-53(47-25-10-4-11-26-47)37-22-38-54(59)48-27-12-5-13-28-48,44-60-55(49-29-14-6-15-30-49)39-23-40-56(60)50-31-16-7-17-32-50)45-61-57(51-33-18-8-19-34-51)41-24-42-58(61)52-35-20-9-21-36-52/h4-42,46,63,66H,3,43-45H2,1-2H3/t46-,63-/m1/s1. The van der Waals surface area contributed by atoms with E-state index < -0.39 is 26.3 Å². The van der Waals surface area contributed by atoms with Crippen LogP contribution >= 0.6 is 0 Å². The van der Waals surface area contributed by atoms with Crippen LogP contribution in [0.4, 0.5) is 0 Å². The first kappa shape index (κ1) is 46.4. The zero-order valence-corrected chi connectivity index (χ0v) is 40.2. The van der Waals surface area contributed by atoms with E-state index >= 15 is 4.79 Å². The highest BCUT2D eigenvalue weighted by Crippen LogP contribution is 2.43. The van der Waals surface area contributed by atoms with E-state index in [0.29, 0.717) is 18.1 Å². The number of carbonyl (C=O) groups is 2. The summed E-state index contributed by atoms with van der Waals surface area (Å²) in [7, 11) is -3.84. The summed E-state index contributed by atoms with van der Waals surface area (Å²) in [6.07, 6.45) is -1.48. The van der Waals surface area contributed by atoms with Gasteiger partial charge in [0.25, 0.3) is 8.32 Å². The number of Topliss-reactive ketones (excluding diaryl/α,β-unsaturated/α-hetero) is 1. The molecule has 9 aromatic rings. The van der Waals surface area contributed by atoms with E-state index in [1.54, 1.807) is 13.8 Å². The first-order valence-electron chi connectivity index (χ1n) is 23.9. The second kappa shape index (κ2) is 21.5. The molecule has 0 bridgehead atoms. The lowest BCUT2D eigenvalue weighted by molar-refractivity contribution is -0.150. The summed E-state index contributed by atoms with van der Waals surface area (Å²) in [6.45, 7) is 3.40. The summed E-state index contributed by atoms with van der Waals surface area (Å²) in [5.74, 6) is -1.93. The maximum Gasteiger partial charge on any atom is 0.322 e. The van der Waals surface area contributed by atoms with Gasteiger partial charge in [0.2, 0.25) is 0 Å². The summed E-state index contributed by atoms with van der Waals surface area (Å²) in [5.41, 5.74) is 15.7. The van der Waals surface area contributed by atoms with E-state index in [1.165, 1.54) is 0 Å². The minimum absolute atomic E-state index is 0.189. The molecular formula is C64H56O4Si. The quantitative estimate of drug-likeness (QED) is 0.0925. The Morgan fingerprint density at radius 2 is 0.623 bits per heavy atom. The molecule has 0 aromatic heterocycles. The third-order valence-corrected chi connectivity index (χ3v) is 17.1. The molecule has 1 N–H and O–H groups in total. The predicted molar refractivity (Wildman–Crippen MR) is 285 cm³/mol. The molecule has 0 spiro atoms. The number of carbonyl (C=O) groups excluding carboxylic acids is 2. The van der Waals surface area contributed by atoms with Crippen LogP contribution in [0, 0.1) is 5.92 Å². The van der Waals surface area contributed by atoms with Crippen LogP contribution in [-0.2, 0) is 32.1 Å². The molecule has 0 radical (unpaired) electrons. The maximum atomic E-state index is 15.3. The van der Waals surface area contributed by atoms with Crippen molar-refractivity contribution < 1.29 is 19.1 Å². The molecule has 340 valence electrons. The van der Waals surface area contributed by atoms with Crippen molar-refractivity contribution in [1.82, 2.24) is 0 Å². The van der Waals surface area contributed by atoms with Gasteiger partial charge in [0.1, 0.15) is 5.78 Å². The van der Waals surface area contributed by atoms with E-state index in [9.17, 15) is 9.90 Å². The third kappa shape index (κ3) is 10.4. The SMILES string of the molecule is CCC(=O)[C@@H](C)[C@@H](O)C(=O)O[Si](Cc1c(-c2ccccc2)cccc1-c1ccccc1)(Cc1c(-c2ccccc2)cccc1-c1ccccc1)Cc1c(-c2ccccc2)cccc1-c1ccccc1. The molecule has 0 aliphatic rings. The van der Waals surface area contributed by atoms with Crippen LogP contribution < -0.4 is 0 Å². The largest absolute Gasteiger partial charge is 0.516 e. The monoisotopic (exact) mass is 916 g/mol. The van der Waals surface area contributed by atoms with E-state index in [2.05, 4.69) is 200 Å². The Balaban J connectivity index is 1.39. The summed E-state index contributed by atoms with van der Waals surface area (Å²) in [5, 5.41) is 12.1. The molecule has 2 atom stereocenters. The van der Waals surface area contributed by atoms with Crippen LogP contribution in [0.1, 0.15) is 37.0 Å². The van der Waals surface area contributed by atoms with Gasteiger partial charge in [-0.05, 0) is 83.5 Å². The number of aliphatic hydroxyl groups is 1. The molecule has 9 aromatic carbocycles. The van der Waals surface area contributed by atoms with E-state index in [4.69, 9.17) is 4.43 Å². The number of hydrogen-bond acceptors (Lipinski definition) is 4. The molecule has 5 heteroatoms. The topological polar surface area (TPSA) is 63.6 Å². The van der Waals surface area contributed by atoms with Gasteiger partial charge in [-0.2, -0.15) is 0 Å². The number of aliphatic hydroxyl groups excluding tert-OH is 1. The van der Waals surface area contributed by atoms with Crippen molar-refractivity contribution >= 4 is 20.1 Å². The van der Waals surface area contributed by atoms with Crippen molar-refractivity contribution in [2.45, 2.75) is 44.5 Å². The molecule has 0 amide bonds. The molecule has 0 saturated heterocycles. The van der Waals surface area contributed by atoms with Crippen molar-refractivity contribution in [2.75, 3.05) is 0 Å². The zero-order chi connectivity index (χ0) is 47.6. The highest BCUT2D eigenvalue weighted by atomic mass is 28.4. The van der Waals surface area contributed by atoms with Gasteiger partial charge < -0.3 is 9.53 Å². The van der Waals surface area contributed by atoms with Gasteiger partial charge >= 0.3 is 5.97 Å². The van der Waals surface area contributed by atoms with Crippen LogP contribution in [0.2, 0.25) is 0 Å². The van der Waals surface area contributed by atoms with Gasteiger partial charge in [-0.3, -0.25) is 9.59 Å². The van der Waals surface area contributed by atoms with E-state index in [1.807, 2.05) is 36.4 Å². The Morgan fingerprint density at radius 3 is 0.841 bits per heavy atom. The molecule has 9 rings (SSSR count). The lowest BCUT2D eigenvalue weighted by Gasteiger charge is -2.36. The fourth-order valence-electron chi connectivity index (χ4n) is 9.90. The van der Waals surface area contributed by atoms with E-state index in [0.717, 1.165) is 83.5 Å². The number of rotatable bonds is 17. The number of ketones is 1. The van der Waals surface area contributed by atoms with Gasteiger partial charge in [0, 0.05) is 24.6 Å². The normalized spacial score (nSPS) is 12.2. The Kier molecular flexibility index (Phi) is 14.5. The van der Waals surface area contributed by atoms with Crippen LogP contribution in [0.15, 0.2) is 237 Å². The molecular weight excluding hydrogens is 861 g/mol. The van der Waals surface area contributed by atoms with Crippen molar-refractivity contribution in [3.05, 3.63) is 253 Å². The summed E-state index contributed by atoms with van der Waals surface area (Å²) in [6, 6.07) is 83.1. The molecule has 0 fully saturated rings. The van der Waals surface area contributed by atoms with Gasteiger partial charge in [0.15, 0.2) is 6.10 Å². The van der Waals surface area contributed by atoms with Gasteiger partial charge in [-0.15, -0.1) is 0 Å². The molecule has 0 saturated carbocycles. The third-order valence-electron chi connectivity index (χ3n) is 13.4. The predicted octanol–water partition coefficient (Wildman–Crippen LogP) is 14.8. The molecule has 0 unspecified atom stereocenters. The van der Waals surface area contributed by atoms with Crippen molar-refractivity contribution in [3.63, 3.8) is 0 Å². The maximum absolute atomic E-state index is 15.3. The smallest absolute Gasteiger partial charge is 0.322 e. The number of benzene rings is 9. The van der Waals surface area contributed by atoms with Gasteiger partial charge in [0.05, 0.1) is 5.92 Å². The fourth-order valence-corrected chi connectivity index (χ4v) is 14.1. The number of hydrogen-bond donors (Lipinski definition) is 1. The first-order chi connectivity index (χ1) is 33.8. The Morgan fingerprint density at radius 1 is 0.391 bits per heavy atom. The van der Waals surface area contributed by atoms with Crippen molar-refractivity contribution in [2.24, 2.45) is 5.92 Å². The van der Waals surface area contributed by atoms with Gasteiger partial charge in [-0.25, -0.2) is 0 Å². The average molecular weight is 917 g/mol. The lowest BCUT2D eigenvalue weighted by Crippen LogP contribution is -2.52. The molecule has 4 nitrogen and oxygen atoms in total. The Bertz CT molecular complexity index is 2660. The van der Waals surface area contributed by atoms with Crippen LogP contribution in [-0.4, -0.2) is 31.3 Å². The minimum atomic E-state index is -3.84. The van der Waals surface area contributed by atoms with E-state index in [-0.39, 0.29) is 12.2 Å². The van der Waals surface area contributed by atoms with Crippen LogP contribution in [0.5, 0.6) is 0 Å². The zero-order valence-electron chi connectivity index (χ0n) is 39.2. The lowest BCUT2D eigenvalue weighted by atomic mass is 9.92. The molecule has 0 aliphatic carbocycles. The van der Waals surface area contributed by atoms with Crippen molar-refractivity contribution in [3.8, 4) is 66.8 Å². The summed E-state index contributed by atoms with van der Waals surface area (Å²) < 4.78 is 7.47. The highest BCUT2D eigenvalue weighted by molar-refractivity contribution is 6.74. The highest BCUT2D eigenvalue weighted by Gasteiger charge is 2.45. The Labute approximate surface area is 407 Å². The summed E-state index contributed by atoms with van der Waals surface area (Å²) in [4.78, 5) is 28.7. The minimum Gasteiger partial charge on any atom is -0.516 e. The first-order valence-corrected chi connectivity index (χ1v) is 26.5. The molecule has 0 aliphatic heterocycles. The van der Waals surface area contributed by atoms with Crippen LogP contribution in [0.25, 0.3) is 66.8 Å².